The SMILES string of the molecule is CC(=O)N1CCC(N2CCCC(C)C2CN)CC1. The molecule has 2 N–H and O–H groups in total. The van der Waals surface area contributed by atoms with Gasteiger partial charge in [0.1, 0.15) is 0 Å². The predicted octanol–water partition coefficient (Wildman–Crippen LogP) is 1.06. The summed E-state index contributed by atoms with van der Waals surface area (Å²) in [5.41, 5.74) is 5.96. The maximum absolute atomic E-state index is 11.3. The zero-order valence-corrected chi connectivity index (χ0v) is 11.8. The Hall–Kier alpha value is -0.610. The second-order valence-electron chi connectivity index (χ2n) is 5.90. The molecule has 2 unspecified atom stereocenters. The van der Waals surface area contributed by atoms with Crippen molar-refractivity contribution >= 4 is 5.91 Å². The van der Waals surface area contributed by atoms with Crippen molar-refractivity contribution in [1.29, 1.82) is 0 Å². The van der Waals surface area contributed by atoms with Crippen LogP contribution in [0.4, 0.5) is 0 Å². The van der Waals surface area contributed by atoms with E-state index in [9.17, 15) is 4.79 Å². The van der Waals surface area contributed by atoms with Gasteiger partial charge in [0.15, 0.2) is 0 Å². The van der Waals surface area contributed by atoms with Crippen LogP contribution in [0.15, 0.2) is 0 Å². The van der Waals surface area contributed by atoms with Gasteiger partial charge >= 0.3 is 0 Å². The molecule has 2 heterocycles. The molecule has 0 aromatic heterocycles. The van der Waals surface area contributed by atoms with Gasteiger partial charge in [-0.15, -0.1) is 0 Å². The van der Waals surface area contributed by atoms with E-state index >= 15 is 0 Å². The summed E-state index contributed by atoms with van der Waals surface area (Å²) < 4.78 is 0. The standard InChI is InChI=1S/C14H27N3O/c1-11-4-3-7-17(14(11)10-15)13-5-8-16(9-6-13)12(2)18/h11,13-14H,3-10,15H2,1-2H3. The quantitative estimate of drug-likeness (QED) is 0.800. The van der Waals surface area contributed by atoms with Crippen LogP contribution < -0.4 is 5.73 Å². The van der Waals surface area contributed by atoms with Gasteiger partial charge in [0, 0.05) is 38.6 Å². The number of nitrogens with two attached hydrogens (primary N) is 1. The molecule has 4 nitrogen and oxygen atoms in total. The molecule has 18 heavy (non-hydrogen) atoms. The molecule has 0 saturated carbocycles. The largest absolute Gasteiger partial charge is 0.343 e. The minimum atomic E-state index is 0.218. The summed E-state index contributed by atoms with van der Waals surface area (Å²) in [7, 11) is 0. The normalized spacial score (nSPS) is 31.6. The van der Waals surface area contributed by atoms with Crippen molar-refractivity contribution in [1.82, 2.24) is 9.80 Å². The number of hydrogen-bond donors (Lipinski definition) is 1. The first-order chi connectivity index (χ1) is 8.63. The molecule has 0 spiro atoms. The zero-order chi connectivity index (χ0) is 13.1. The number of piperidine rings is 2. The van der Waals surface area contributed by atoms with Gasteiger partial charge in [0.05, 0.1) is 0 Å². The molecule has 0 bridgehead atoms. The summed E-state index contributed by atoms with van der Waals surface area (Å²) in [4.78, 5) is 16.0. The van der Waals surface area contributed by atoms with Crippen LogP contribution in [0, 0.1) is 5.92 Å². The van der Waals surface area contributed by atoms with E-state index in [0.29, 0.717) is 12.1 Å². The van der Waals surface area contributed by atoms with Gasteiger partial charge in [-0.1, -0.05) is 6.92 Å². The molecule has 2 aliphatic rings. The van der Waals surface area contributed by atoms with Crippen LogP contribution >= 0.6 is 0 Å². The lowest BCUT2D eigenvalue weighted by atomic mass is 9.87. The van der Waals surface area contributed by atoms with E-state index < -0.39 is 0 Å². The summed E-state index contributed by atoms with van der Waals surface area (Å²) in [6.45, 7) is 7.80. The molecule has 2 rings (SSSR count). The molecule has 4 heteroatoms. The topological polar surface area (TPSA) is 49.6 Å². The molecule has 0 radical (unpaired) electrons. The fourth-order valence-electron chi connectivity index (χ4n) is 3.61. The Kier molecular flexibility index (Phi) is 4.62. The Bertz CT molecular complexity index is 287. The first-order valence-electron chi connectivity index (χ1n) is 7.34. The third kappa shape index (κ3) is 2.86. The Labute approximate surface area is 110 Å². The van der Waals surface area contributed by atoms with Crippen molar-refractivity contribution < 1.29 is 4.79 Å². The van der Waals surface area contributed by atoms with E-state index in [4.69, 9.17) is 5.73 Å². The fourth-order valence-corrected chi connectivity index (χ4v) is 3.61. The van der Waals surface area contributed by atoms with Crippen molar-refractivity contribution in [3.05, 3.63) is 0 Å². The zero-order valence-electron chi connectivity index (χ0n) is 11.8. The van der Waals surface area contributed by atoms with E-state index in [1.54, 1.807) is 6.92 Å². The molecule has 2 saturated heterocycles. The van der Waals surface area contributed by atoms with Crippen molar-refractivity contribution in [2.45, 2.75) is 51.6 Å². The molecule has 2 fully saturated rings. The van der Waals surface area contributed by atoms with Crippen LogP contribution in [0.5, 0.6) is 0 Å². The molecule has 0 aromatic carbocycles. The van der Waals surface area contributed by atoms with Crippen LogP contribution in [-0.4, -0.2) is 54.0 Å². The van der Waals surface area contributed by atoms with Crippen molar-refractivity contribution in [3.8, 4) is 0 Å². The third-order valence-corrected chi connectivity index (χ3v) is 4.78. The lowest BCUT2D eigenvalue weighted by Crippen LogP contribution is -2.56. The highest BCUT2D eigenvalue weighted by Crippen LogP contribution is 2.28. The molecule has 2 atom stereocenters. The van der Waals surface area contributed by atoms with Crippen molar-refractivity contribution in [2.75, 3.05) is 26.2 Å². The molecule has 0 aromatic rings. The van der Waals surface area contributed by atoms with Gasteiger partial charge in [-0.05, 0) is 38.1 Å². The second kappa shape index (κ2) is 6.02. The maximum atomic E-state index is 11.3. The van der Waals surface area contributed by atoms with Crippen LogP contribution in [0.1, 0.15) is 39.5 Å². The Morgan fingerprint density at radius 1 is 1.22 bits per heavy atom. The van der Waals surface area contributed by atoms with Crippen LogP contribution in [0.25, 0.3) is 0 Å². The van der Waals surface area contributed by atoms with E-state index in [-0.39, 0.29) is 5.91 Å². The number of amides is 1. The Morgan fingerprint density at radius 2 is 1.89 bits per heavy atom. The van der Waals surface area contributed by atoms with Gasteiger partial charge < -0.3 is 10.6 Å². The van der Waals surface area contributed by atoms with Gasteiger partial charge in [0.25, 0.3) is 0 Å². The number of hydrogen-bond acceptors (Lipinski definition) is 3. The first-order valence-corrected chi connectivity index (χ1v) is 7.34. The highest BCUT2D eigenvalue weighted by Gasteiger charge is 2.34. The molecule has 1 amide bonds. The number of likely N-dealkylation sites (tertiary alicyclic amines) is 2. The molecular formula is C14H27N3O. The van der Waals surface area contributed by atoms with Gasteiger partial charge in [-0.25, -0.2) is 0 Å². The minimum absolute atomic E-state index is 0.218. The molecule has 0 aliphatic carbocycles. The number of nitrogens with zero attached hydrogens (tertiary/aromatic N) is 2. The van der Waals surface area contributed by atoms with Gasteiger partial charge in [-0.2, -0.15) is 0 Å². The number of rotatable bonds is 2. The van der Waals surface area contributed by atoms with Crippen LogP contribution in [-0.2, 0) is 4.79 Å². The highest BCUT2D eigenvalue weighted by atomic mass is 16.2. The maximum Gasteiger partial charge on any atom is 0.219 e. The average molecular weight is 253 g/mol. The lowest BCUT2D eigenvalue weighted by molar-refractivity contribution is -0.130. The summed E-state index contributed by atoms with van der Waals surface area (Å²) >= 11 is 0. The monoisotopic (exact) mass is 253 g/mol. The highest BCUT2D eigenvalue weighted by molar-refractivity contribution is 5.73. The molecule has 2 aliphatic heterocycles. The van der Waals surface area contributed by atoms with Gasteiger partial charge in [-0.3, -0.25) is 9.69 Å². The molecule has 104 valence electrons. The van der Waals surface area contributed by atoms with Crippen molar-refractivity contribution in [3.63, 3.8) is 0 Å². The minimum Gasteiger partial charge on any atom is -0.343 e. The van der Waals surface area contributed by atoms with E-state index in [2.05, 4.69) is 11.8 Å². The fraction of sp³-hybridized carbons (Fsp3) is 0.929. The number of carbonyl (C=O) groups excluding carboxylic acids is 1. The Morgan fingerprint density at radius 3 is 2.44 bits per heavy atom. The van der Waals surface area contributed by atoms with Gasteiger partial charge in [0.2, 0.25) is 5.91 Å². The Balaban J connectivity index is 1.93. The van der Waals surface area contributed by atoms with Crippen LogP contribution in [0.2, 0.25) is 0 Å². The summed E-state index contributed by atoms with van der Waals surface area (Å²) in [5, 5.41) is 0. The summed E-state index contributed by atoms with van der Waals surface area (Å²) in [6.07, 6.45) is 4.83. The summed E-state index contributed by atoms with van der Waals surface area (Å²) in [6, 6.07) is 1.18. The summed E-state index contributed by atoms with van der Waals surface area (Å²) in [5.74, 6) is 0.936. The van der Waals surface area contributed by atoms with E-state index in [1.807, 2.05) is 4.90 Å². The van der Waals surface area contributed by atoms with E-state index in [0.717, 1.165) is 38.4 Å². The lowest BCUT2D eigenvalue weighted by Gasteiger charge is -2.46. The average Bonchev–Trinajstić information content (AvgIpc) is 2.38. The second-order valence-corrected chi connectivity index (χ2v) is 5.90. The first kappa shape index (κ1) is 13.8. The smallest absolute Gasteiger partial charge is 0.219 e. The number of carbonyl (C=O) groups is 1. The third-order valence-electron chi connectivity index (χ3n) is 4.78. The molecular weight excluding hydrogens is 226 g/mol. The van der Waals surface area contributed by atoms with E-state index in [1.165, 1.54) is 19.4 Å². The van der Waals surface area contributed by atoms with Crippen molar-refractivity contribution in [2.24, 2.45) is 11.7 Å². The van der Waals surface area contributed by atoms with Crippen LogP contribution in [0.3, 0.4) is 0 Å². The predicted molar refractivity (Wildman–Crippen MR) is 73.2 cm³/mol.